The lowest BCUT2D eigenvalue weighted by molar-refractivity contribution is 0.660. The molecule has 1 heteroatoms. The molecule has 7 aromatic carbocycles. The SMILES string of the molecule is C=C/C=C(\C=C)c1ccc2ccc(-c3cc4c(c5ccccc35)-c3ccc(C)cc3C4(C)C)cc2c1.C=Cc1sc2ccc(C)cc2c1/C=C\C.Cc1ccccc1. The van der Waals surface area contributed by atoms with Crippen LogP contribution < -0.4 is 0 Å². The minimum atomic E-state index is -0.0478. The van der Waals surface area contributed by atoms with Gasteiger partial charge in [-0.3, -0.25) is 0 Å². The summed E-state index contributed by atoms with van der Waals surface area (Å²) in [6.45, 7) is 24.9. The Morgan fingerprint density at radius 2 is 1.31 bits per heavy atom. The van der Waals surface area contributed by atoms with Gasteiger partial charge in [0.05, 0.1) is 0 Å². The van der Waals surface area contributed by atoms with Gasteiger partial charge in [0.25, 0.3) is 0 Å². The van der Waals surface area contributed by atoms with Crippen molar-refractivity contribution in [2.75, 3.05) is 0 Å². The molecule has 0 saturated carbocycles. The van der Waals surface area contributed by atoms with Gasteiger partial charge in [-0.15, -0.1) is 11.3 Å². The normalized spacial score (nSPS) is 12.7. The van der Waals surface area contributed by atoms with Crippen LogP contribution in [0.1, 0.15) is 64.6 Å². The van der Waals surface area contributed by atoms with Gasteiger partial charge in [-0.1, -0.05) is 190 Å². The minimum absolute atomic E-state index is 0.0478. The fourth-order valence-corrected chi connectivity index (χ4v) is 9.24. The fraction of sp³-hybridized carbons (Fsp3) is 0.123. The molecule has 9 rings (SSSR count). The molecule has 58 heavy (non-hydrogen) atoms. The Balaban J connectivity index is 0.000000190. The smallest absolute Gasteiger partial charge is 0.0355 e. The fourth-order valence-electron chi connectivity index (χ4n) is 8.21. The second kappa shape index (κ2) is 17.1. The second-order valence-electron chi connectivity index (χ2n) is 15.6. The van der Waals surface area contributed by atoms with Crippen LogP contribution in [0.4, 0.5) is 0 Å². The highest BCUT2D eigenvalue weighted by atomic mass is 32.1. The van der Waals surface area contributed by atoms with Gasteiger partial charge in [0.15, 0.2) is 0 Å². The topological polar surface area (TPSA) is 0 Å². The molecule has 0 aliphatic heterocycles. The number of aryl methyl sites for hydroxylation is 3. The number of allylic oxidation sites excluding steroid dienone is 5. The molecule has 8 aromatic rings. The van der Waals surface area contributed by atoms with Crippen molar-refractivity contribution >= 4 is 60.7 Å². The van der Waals surface area contributed by atoms with Crippen LogP contribution in [-0.2, 0) is 5.41 Å². The molecule has 0 bridgehead atoms. The molecule has 1 aliphatic carbocycles. The Hall–Kier alpha value is -6.28. The highest BCUT2D eigenvalue weighted by Gasteiger charge is 2.37. The van der Waals surface area contributed by atoms with E-state index >= 15 is 0 Å². The first-order valence-corrected chi connectivity index (χ1v) is 20.9. The van der Waals surface area contributed by atoms with Gasteiger partial charge in [-0.05, 0) is 130 Å². The maximum absolute atomic E-state index is 3.99. The number of thiophene rings is 1. The molecule has 0 N–H and O–H groups in total. The van der Waals surface area contributed by atoms with Crippen molar-refractivity contribution in [3.8, 4) is 22.3 Å². The van der Waals surface area contributed by atoms with E-state index < -0.39 is 0 Å². The predicted molar refractivity (Wildman–Crippen MR) is 260 cm³/mol. The third-order valence-corrected chi connectivity index (χ3v) is 12.4. The standard InChI is InChI=1S/C36H30.C14H14S.C7H8/c1-6-10-24(7-2)26-16-14-25-15-17-27(21-28(25)20-26)32-22-34-35(30-12-9-8-11-29(30)32)31-18-13-23(3)19-33(31)36(34,4)5;1-4-6-11-12-9-10(3)7-8-14(12)15-13(11)5-2;1-7-5-3-2-4-6-7/h6-22H,1-2H2,3-5H3;4-9H,2H2,1,3H3;2-6H,1H3/b24-10+;6-4-;. The molecular weight excluding hydrogens is 717 g/mol. The van der Waals surface area contributed by atoms with E-state index in [0.717, 1.165) is 11.1 Å². The van der Waals surface area contributed by atoms with E-state index in [9.17, 15) is 0 Å². The summed E-state index contributed by atoms with van der Waals surface area (Å²) < 4.78 is 1.34. The maximum Gasteiger partial charge on any atom is 0.0355 e. The molecule has 286 valence electrons. The zero-order valence-electron chi connectivity index (χ0n) is 34.7. The Kier molecular flexibility index (Phi) is 11.7. The molecule has 0 atom stereocenters. The zero-order chi connectivity index (χ0) is 41.0. The van der Waals surface area contributed by atoms with Gasteiger partial charge < -0.3 is 0 Å². The van der Waals surface area contributed by atoms with Crippen molar-refractivity contribution in [2.45, 2.75) is 47.0 Å². The third kappa shape index (κ3) is 7.84. The van der Waals surface area contributed by atoms with E-state index in [2.05, 4.69) is 182 Å². The summed E-state index contributed by atoms with van der Waals surface area (Å²) in [7, 11) is 0. The van der Waals surface area contributed by atoms with Crippen molar-refractivity contribution in [1.82, 2.24) is 0 Å². The molecule has 0 saturated heterocycles. The van der Waals surface area contributed by atoms with Crippen LogP contribution in [0.15, 0.2) is 178 Å². The van der Waals surface area contributed by atoms with Crippen molar-refractivity contribution in [3.63, 3.8) is 0 Å². The maximum atomic E-state index is 3.99. The van der Waals surface area contributed by atoms with Crippen LogP contribution >= 0.6 is 11.3 Å². The summed E-state index contributed by atoms with van der Waals surface area (Å²) in [5, 5.41) is 6.43. The molecule has 0 unspecified atom stereocenters. The van der Waals surface area contributed by atoms with E-state index in [1.54, 1.807) is 11.3 Å². The molecule has 1 aromatic heterocycles. The van der Waals surface area contributed by atoms with Gasteiger partial charge in [-0.2, -0.15) is 0 Å². The zero-order valence-corrected chi connectivity index (χ0v) is 35.5. The van der Waals surface area contributed by atoms with Crippen LogP contribution in [-0.4, -0.2) is 0 Å². The van der Waals surface area contributed by atoms with Crippen molar-refractivity contribution in [3.05, 3.63) is 221 Å². The number of hydrogen-bond donors (Lipinski definition) is 0. The minimum Gasteiger partial charge on any atom is -0.135 e. The van der Waals surface area contributed by atoms with E-state index in [1.807, 2.05) is 49.4 Å². The lowest BCUT2D eigenvalue weighted by Gasteiger charge is -2.23. The van der Waals surface area contributed by atoms with E-state index in [1.165, 1.54) is 92.1 Å². The van der Waals surface area contributed by atoms with Crippen LogP contribution in [0, 0.1) is 20.8 Å². The van der Waals surface area contributed by atoms with Crippen LogP contribution in [0.5, 0.6) is 0 Å². The van der Waals surface area contributed by atoms with Crippen LogP contribution in [0.3, 0.4) is 0 Å². The summed E-state index contributed by atoms with van der Waals surface area (Å²) in [6.07, 6.45) is 11.9. The largest absolute Gasteiger partial charge is 0.135 e. The molecular formula is C57H52S. The molecule has 0 nitrogen and oxygen atoms in total. The summed E-state index contributed by atoms with van der Waals surface area (Å²) >= 11 is 1.80. The quantitative estimate of drug-likeness (QED) is 0.148. The number of benzene rings is 7. The average Bonchev–Trinajstić information content (AvgIpc) is 3.69. The molecule has 1 aliphatic rings. The summed E-state index contributed by atoms with van der Waals surface area (Å²) in [5.41, 5.74) is 15.6. The second-order valence-corrected chi connectivity index (χ2v) is 16.7. The Bertz CT molecular complexity index is 2890. The van der Waals surface area contributed by atoms with E-state index in [0.29, 0.717) is 0 Å². The lowest BCUT2D eigenvalue weighted by Crippen LogP contribution is -2.15. The van der Waals surface area contributed by atoms with Gasteiger partial charge in [-0.25, -0.2) is 0 Å². The first-order valence-electron chi connectivity index (χ1n) is 20.0. The lowest BCUT2D eigenvalue weighted by atomic mass is 9.80. The Labute approximate surface area is 349 Å². The molecule has 0 amide bonds. The van der Waals surface area contributed by atoms with Crippen LogP contribution in [0.2, 0.25) is 0 Å². The number of fused-ring (bicyclic) bond motifs is 7. The van der Waals surface area contributed by atoms with Gasteiger partial charge in [0.2, 0.25) is 0 Å². The first kappa shape index (κ1) is 39.9. The van der Waals surface area contributed by atoms with Gasteiger partial charge >= 0.3 is 0 Å². The Morgan fingerprint density at radius 3 is 2.00 bits per heavy atom. The average molecular weight is 769 g/mol. The van der Waals surface area contributed by atoms with Gasteiger partial charge in [0, 0.05) is 20.4 Å². The molecule has 0 fully saturated rings. The monoisotopic (exact) mass is 768 g/mol. The highest BCUT2D eigenvalue weighted by molar-refractivity contribution is 7.20. The molecule has 1 heterocycles. The van der Waals surface area contributed by atoms with E-state index in [-0.39, 0.29) is 5.41 Å². The number of hydrogen-bond acceptors (Lipinski definition) is 1. The summed E-state index contributed by atoms with van der Waals surface area (Å²) in [4.78, 5) is 1.26. The number of rotatable bonds is 6. The van der Waals surface area contributed by atoms with Crippen molar-refractivity contribution in [2.24, 2.45) is 0 Å². The molecule has 0 radical (unpaired) electrons. The Morgan fingerprint density at radius 1 is 0.603 bits per heavy atom. The highest BCUT2D eigenvalue weighted by Crippen LogP contribution is 2.53. The summed E-state index contributed by atoms with van der Waals surface area (Å²) in [6, 6.07) is 48.6. The first-order chi connectivity index (χ1) is 28.1. The van der Waals surface area contributed by atoms with Crippen molar-refractivity contribution in [1.29, 1.82) is 0 Å². The molecule has 0 spiro atoms. The van der Waals surface area contributed by atoms with Crippen LogP contribution in [0.25, 0.3) is 71.6 Å². The third-order valence-electron chi connectivity index (χ3n) is 11.2. The van der Waals surface area contributed by atoms with Crippen molar-refractivity contribution < 1.29 is 0 Å². The van der Waals surface area contributed by atoms with E-state index in [4.69, 9.17) is 0 Å². The predicted octanol–water partition coefficient (Wildman–Crippen LogP) is 16.9. The van der Waals surface area contributed by atoms with Gasteiger partial charge in [0.1, 0.15) is 0 Å². The summed E-state index contributed by atoms with van der Waals surface area (Å²) in [5.74, 6) is 0.